The Balaban J connectivity index is 2.00. The number of benzene rings is 1. The van der Waals surface area contributed by atoms with Crippen LogP contribution in [0.1, 0.15) is 19.8 Å². The molecule has 1 aromatic rings. The number of carbonyl (C=O) groups is 2. The number of rotatable bonds is 2. The van der Waals surface area contributed by atoms with Gasteiger partial charge >= 0.3 is 0 Å². The van der Waals surface area contributed by atoms with Crippen LogP contribution in [0.3, 0.4) is 0 Å². The first-order valence-electron chi connectivity index (χ1n) is 6.49. The highest BCUT2D eigenvalue weighted by Crippen LogP contribution is 2.22. The van der Waals surface area contributed by atoms with Gasteiger partial charge in [-0.25, -0.2) is 4.39 Å². The Morgan fingerprint density at radius 2 is 2.20 bits per heavy atom. The number of piperidine rings is 1. The van der Waals surface area contributed by atoms with E-state index in [1.165, 1.54) is 25.1 Å². The quantitative estimate of drug-likeness (QED) is 0.912. The van der Waals surface area contributed by atoms with Crippen molar-refractivity contribution in [3.8, 4) is 0 Å². The van der Waals surface area contributed by atoms with E-state index in [0.717, 1.165) is 12.8 Å². The fourth-order valence-corrected chi connectivity index (χ4v) is 2.48. The van der Waals surface area contributed by atoms with Crippen LogP contribution in [-0.4, -0.2) is 29.8 Å². The normalized spacial score (nSPS) is 18.8. The molecule has 0 radical (unpaired) electrons. The SMILES string of the molecule is CC(=O)N1CCC[C@@H](C(=O)Nc2ccc(F)c(Cl)c2)C1. The van der Waals surface area contributed by atoms with Gasteiger partial charge < -0.3 is 10.2 Å². The molecule has 2 amide bonds. The summed E-state index contributed by atoms with van der Waals surface area (Å²) in [4.78, 5) is 25.2. The van der Waals surface area contributed by atoms with Crippen LogP contribution in [0.5, 0.6) is 0 Å². The van der Waals surface area contributed by atoms with Crippen molar-refractivity contribution < 1.29 is 14.0 Å². The highest BCUT2D eigenvalue weighted by molar-refractivity contribution is 6.31. The Morgan fingerprint density at radius 3 is 2.85 bits per heavy atom. The molecule has 6 heteroatoms. The van der Waals surface area contributed by atoms with E-state index in [1.54, 1.807) is 4.90 Å². The second kappa shape index (κ2) is 6.22. The summed E-state index contributed by atoms with van der Waals surface area (Å²) in [6.07, 6.45) is 1.55. The minimum atomic E-state index is -0.523. The zero-order chi connectivity index (χ0) is 14.7. The van der Waals surface area contributed by atoms with Crippen molar-refractivity contribution in [3.63, 3.8) is 0 Å². The van der Waals surface area contributed by atoms with Gasteiger partial charge in [0.25, 0.3) is 0 Å². The lowest BCUT2D eigenvalue weighted by molar-refractivity contribution is -0.132. The molecule has 108 valence electrons. The number of nitrogens with one attached hydrogen (secondary N) is 1. The van der Waals surface area contributed by atoms with Crippen LogP contribution in [-0.2, 0) is 9.59 Å². The van der Waals surface area contributed by atoms with Gasteiger partial charge in [0.15, 0.2) is 0 Å². The molecule has 1 saturated heterocycles. The van der Waals surface area contributed by atoms with Crippen LogP contribution in [0.2, 0.25) is 5.02 Å². The molecule has 1 heterocycles. The van der Waals surface area contributed by atoms with Crippen LogP contribution in [0.25, 0.3) is 0 Å². The van der Waals surface area contributed by atoms with Gasteiger partial charge in [-0.1, -0.05) is 11.6 Å². The molecule has 0 spiro atoms. The predicted molar refractivity (Wildman–Crippen MR) is 75.0 cm³/mol. The third-order valence-electron chi connectivity index (χ3n) is 3.42. The standard InChI is InChI=1S/C14H16ClFN2O2/c1-9(19)18-6-2-3-10(8-18)14(20)17-11-4-5-13(16)12(15)7-11/h4-5,7,10H,2-3,6,8H2,1H3,(H,17,20)/t10-/m1/s1. The lowest BCUT2D eigenvalue weighted by atomic mass is 9.97. The summed E-state index contributed by atoms with van der Waals surface area (Å²) in [5, 5.41) is 2.68. The summed E-state index contributed by atoms with van der Waals surface area (Å²) in [5.41, 5.74) is 0.460. The second-order valence-corrected chi connectivity index (χ2v) is 5.33. The summed E-state index contributed by atoms with van der Waals surface area (Å²) in [7, 11) is 0. The van der Waals surface area contributed by atoms with Gasteiger partial charge in [0.2, 0.25) is 11.8 Å². The molecule has 4 nitrogen and oxygen atoms in total. The molecule has 1 aliphatic rings. The molecule has 1 aromatic carbocycles. The van der Waals surface area contributed by atoms with Gasteiger partial charge in [0.1, 0.15) is 5.82 Å². The number of halogens is 2. The van der Waals surface area contributed by atoms with Crippen molar-refractivity contribution in [3.05, 3.63) is 29.0 Å². The molecule has 1 aliphatic heterocycles. The minimum Gasteiger partial charge on any atom is -0.342 e. The zero-order valence-electron chi connectivity index (χ0n) is 11.2. The van der Waals surface area contributed by atoms with Gasteiger partial charge in [0, 0.05) is 25.7 Å². The maximum absolute atomic E-state index is 13.0. The second-order valence-electron chi connectivity index (χ2n) is 4.92. The average Bonchev–Trinajstić information content (AvgIpc) is 2.43. The van der Waals surface area contributed by atoms with Crippen LogP contribution in [0.4, 0.5) is 10.1 Å². The van der Waals surface area contributed by atoms with Crippen LogP contribution in [0, 0.1) is 11.7 Å². The Bertz CT molecular complexity index is 536. The maximum Gasteiger partial charge on any atom is 0.229 e. The summed E-state index contributed by atoms with van der Waals surface area (Å²) < 4.78 is 13.0. The molecular weight excluding hydrogens is 283 g/mol. The van der Waals surface area contributed by atoms with E-state index in [1.807, 2.05) is 0 Å². The van der Waals surface area contributed by atoms with Crippen molar-refractivity contribution in [2.45, 2.75) is 19.8 Å². The van der Waals surface area contributed by atoms with E-state index >= 15 is 0 Å². The largest absolute Gasteiger partial charge is 0.342 e. The van der Waals surface area contributed by atoms with Crippen molar-refractivity contribution in [1.29, 1.82) is 0 Å². The smallest absolute Gasteiger partial charge is 0.229 e. The van der Waals surface area contributed by atoms with E-state index < -0.39 is 5.82 Å². The zero-order valence-corrected chi connectivity index (χ0v) is 11.9. The molecule has 0 unspecified atom stereocenters. The Morgan fingerprint density at radius 1 is 1.45 bits per heavy atom. The van der Waals surface area contributed by atoms with Crippen LogP contribution < -0.4 is 5.32 Å². The summed E-state index contributed by atoms with van der Waals surface area (Å²) in [6.45, 7) is 2.62. The number of anilines is 1. The van der Waals surface area contributed by atoms with Crippen molar-refractivity contribution in [1.82, 2.24) is 4.90 Å². The number of hydrogen-bond donors (Lipinski definition) is 1. The first-order valence-corrected chi connectivity index (χ1v) is 6.86. The lowest BCUT2D eigenvalue weighted by Crippen LogP contribution is -2.42. The molecule has 1 atom stereocenters. The highest BCUT2D eigenvalue weighted by atomic mass is 35.5. The summed E-state index contributed by atoms with van der Waals surface area (Å²) in [5.74, 6) is -0.951. The van der Waals surface area contributed by atoms with E-state index in [4.69, 9.17) is 11.6 Å². The van der Waals surface area contributed by atoms with Crippen LogP contribution >= 0.6 is 11.6 Å². The van der Waals surface area contributed by atoms with Gasteiger partial charge in [-0.15, -0.1) is 0 Å². The van der Waals surface area contributed by atoms with E-state index in [2.05, 4.69) is 5.32 Å². The monoisotopic (exact) mass is 298 g/mol. The molecule has 0 bridgehead atoms. The van der Waals surface area contributed by atoms with E-state index in [0.29, 0.717) is 18.8 Å². The molecule has 0 saturated carbocycles. The fourth-order valence-electron chi connectivity index (χ4n) is 2.30. The number of hydrogen-bond acceptors (Lipinski definition) is 2. The minimum absolute atomic E-state index is 0.0210. The summed E-state index contributed by atoms with van der Waals surface area (Å²) in [6, 6.07) is 4.05. The molecule has 1 fully saturated rings. The molecule has 0 aliphatic carbocycles. The predicted octanol–water partition coefficient (Wildman–Crippen LogP) is 2.68. The highest BCUT2D eigenvalue weighted by Gasteiger charge is 2.27. The average molecular weight is 299 g/mol. The first kappa shape index (κ1) is 14.8. The maximum atomic E-state index is 13.0. The number of carbonyl (C=O) groups excluding carboxylic acids is 2. The third kappa shape index (κ3) is 3.48. The first-order chi connectivity index (χ1) is 9.47. The molecule has 1 N–H and O–H groups in total. The fraction of sp³-hybridized carbons (Fsp3) is 0.429. The molecule has 0 aromatic heterocycles. The molecular formula is C14H16ClFN2O2. The number of likely N-dealkylation sites (tertiary alicyclic amines) is 1. The van der Waals surface area contributed by atoms with Gasteiger partial charge in [-0.2, -0.15) is 0 Å². The van der Waals surface area contributed by atoms with Gasteiger partial charge in [-0.05, 0) is 31.0 Å². The van der Waals surface area contributed by atoms with E-state index in [9.17, 15) is 14.0 Å². The Kier molecular flexibility index (Phi) is 4.60. The third-order valence-corrected chi connectivity index (χ3v) is 3.71. The summed E-state index contributed by atoms with van der Waals surface area (Å²) >= 11 is 5.67. The van der Waals surface area contributed by atoms with Gasteiger partial charge in [0.05, 0.1) is 10.9 Å². The Hall–Kier alpha value is -1.62. The van der Waals surface area contributed by atoms with Crippen molar-refractivity contribution in [2.75, 3.05) is 18.4 Å². The van der Waals surface area contributed by atoms with Crippen LogP contribution in [0.15, 0.2) is 18.2 Å². The molecule has 20 heavy (non-hydrogen) atoms. The number of nitrogens with zero attached hydrogens (tertiary/aromatic N) is 1. The number of amides is 2. The van der Waals surface area contributed by atoms with Crippen molar-refractivity contribution >= 4 is 29.1 Å². The van der Waals surface area contributed by atoms with Crippen molar-refractivity contribution in [2.24, 2.45) is 5.92 Å². The molecule has 2 rings (SSSR count). The Labute approximate surface area is 121 Å². The topological polar surface area (TPSA) is 49.4 Å². The van der Waals surface area contributed by atoms with E-state index in [-0.39, 0.29) is 22.8 Å². The lowest BCUT2D eigenvalue weighted by Gasteiger charge is -2.31. The van der Waals surface area contributed by atoms with Gasteiger partial charge in [-0.3, -0.25) is 9.59 Å².